The number of aromatic nitrogens is 2. The first-order valence-corrected chi connectivity index (χ1v) is 15.4. The summed E-state index contributed by atoms with van der Waals surface area (Å²) in [5.74, 6) is 0.803. The number of hydrogen-bond donors (Lipinski definition) is 0. The molecule has 0 N–H and O–H groups in total. The van der Waals surface area contributed by atoms with Gasteiger partial charge in [0, 0.05) is 55.8 Å². The molecule has 2 fully saturated rings. The van der Waals surface area contributed by atoms with E-state index in [0.717, 1.165) is 52.9 Å². The van der Waals surface area contributed by atoms with Crippen molar-refractivity contribution < 1.29 is 14.5 Å². The van der Waals surface area contributed by atoms with Gasteiger partial charge in [0.2, 0.25) is 5.91 Å². The third kappa shape index (κ3) is 5.49. The standard InChI is InChI=1S/C30H34IN7O4/c1-3-26(39)35-13-15-36(16-14-35)29-23-10-12-37(18-24(23)32-30(33-29)42-19-21-8-6-11-34(21)2)28-22-9-5-4-7-20(22)17-25(27(28)31)38(40)41/h3-5,7,9,17,21H,1,6,8,10-16,18-19H2,2H3/t21-/m0/s1. The molecule has 3 aromatic rings. The summed E-state index contributed by atoms with van der Waals surface area (Å²) in [5.41, 5.74) is 2.91. The van der Waals surface area contributed by atoms with Crippen molar-refractivity contribution in [3.05, 3.63) is 67.9 Å². The number of rotatable bonds is 7. The summed E-state index contributed by atoms with van der Waals surface area (Å²) in [4.78, 5) is 42.2. The average molecular weight is 684 g/mol. The molecule has 0 unspecified atom stereocenters. The minimum Gasteiger partial charge on any atom is -0.462 e. The number of likely N-dealkylation sites (N-methyl/N-ethyl adjacent to an activating group) is 1. The maximum Gasteiger partial charge on any atom is 0.318 e. The lowest BCUT2D eigenvalue weighted by Crippen LogP contribution is -2.49. The molecular weight excluding hydrogens is 649 g/mol. The van der Waals surface area contributed by atoms with Gasteiger partial charge in [0.25, 0.3) is 5.69 Å². The predicted molar refractivity (Wildman–Crippen MR) is 170 cm³/mol. The van der Waals surface area contributed by atoms with E-state index in [1.165, 1.54) is 6.08 Å². The predicted octanol–water partition coefficient (Wildman–Crippen LogP) is 4.01. The molecule has 0 radical (unpaired) electrons. The number of fused-ring (bicyclic) bond motifs is 2. The summed E-state index contributed by atoms with van der Waals surface area (Å²) < 4.78 is 6.87. The van der Waals surface area contributed by atoms with Gasteiger partial charge in [-0.05, 0) is 66.9 Å². The Balaban J connectivity index is 1.35. The van der Waals surface area contributed by atoms with Crippen LogP contribution in [0.4, 0.5) is 17.2 Å². The van der Waals surface area contributed by atoms with Gasteiger partial charge in [-0.3, -0.25) is 14.9 Å². The van der Waals surface area contributed by atoms with E-state index >= 15 is 0 Å². The van der Waals surface area contributed by atoms with Crippen molar-refractivity contribution in [3.8, 4) is 6.01 Å². The van der Waals surface area contributed by atoms with Gasteiger partial charge in [-0.2, -0.15) is 9.97 Å². The van der Waals surface area contributed by atoms with Gasteiger partial charge in [0.05, 0.1) is 22.8 Å². The number of nitro groups is 1. The Morgan fingerprint density at radius 3 is 2.67 bits per heavy atom. The molecule has 12 heteroatoms. The fourth-order valence-corrected chi connectivity index (χ4v) is 7.25. The number of halogens is 1. The molecule has 0 bridgehead atoms. The number of benzene rings is 2. The van der Waals surface area contributed by atoms with E-state index in [-0.39, 0.29) is 16.5 Å². The Bertz CT molecular complexity index is 1540. The van der Waals surface area contributed by atoms with Crippen LogP contribution >= 0.6 is 22.6 Å². The van der Waals surface area contributed by atoms with Crippen molar-refractivity contribution in [1.82, 2.24) is 19.8 Å². The number of nitro benzene ring substituents is 1. The molecule has 3 aliphatic rings. The van der Waals surface area contributed by atoms with E-state index in [0.29, 0.717) is 67.9 Å². The molecule has 2 aromatic carbocycles. The molecule has 3 aliphatic heterocycles. The smallest absolute Gasteiger partial charge is 0.318 e. The number of carbonyl (C=O) groups excluding carboxylic acids is 1. The number of amides is 1. The van der Waals surface area contributed by atoms with E-state index < -0.39 is 0 Å². The number of anilines is 2. The number of hydrogen-bond acceptors (Lipinski definition) is 9. The molecule has 1 atom stereocenters. The molecule has 1 amide bonds. The third-order valence-electron chi connectivity index (χ3n) is 8.62. The van der Waals surface area contributed by atoms with Crippen LogP contribution in [0.25, 0.3) is 10.8 Å². The van der Waals surface area contributed by atoms with Crippen LogP contribution in [-0.4, -0.2) is 89.6 Å². The Kier molecular flexibility index (Phi) is 8.17. The zero-order chi connectivity index (χ0) is 29.4. The fourth-order valence-electron chi connectivity index (χ4n) is 6.26. The summed E-state index contributed by atoms with van der Waals surface area (Å²) in [6, 6.07) is 10.2. The first-order chi connectivity index (χ1) is 20.3. The van der Waals surface area contributed by atoms with Crippen molar-refractivity contribution in [1.29, 1.82) is 0 Å². The van der Waals surface area contributed by atoms with Crippen LogP contribution in [0.3, 0.4) is 0 Å². The van der Waals surface area contributed by atoms with Crippen LogP contribution in [0.1, 0.15) is 24.1 Å². The quantitative estimate of drug-likeness (QED) is 0.158. The van der Waals surface area contributed by atoms with Crippen LogP contribution in [0.15, 0.2) is 43.0 Å². The van der Waals surface area contributed by atoms with Gasteiger partial charge >= 0.3 is 6.01 Å². The lowest BCUT2D eigenvalue weighted by molar-refractivity contribution is -0.385. The molecule has 1 aromatic heterocycles. The minimum absolute atomic E-state index is 0.0569. The molecular formula is C30H34IN7O4. The Hall–Kier alpha value is -3.52. The molecule has 0 saturated carbocycles. The monoisotopic (exact) mass is 683 g/mol. The lowest BCUT2D eigenvalue weighted by Gasteiger charge is -2.38. The first kappa shape index (κ1) is 28.6. The highest BCUT2D eigenvalue weighted by atomic mass is 127. The molecule has 2 saturated heterocycles. The van der Waals surface area contributed by atoms with Gasteiger partial charge < -0.3 is 24.3 Å². The highest BCUT2D eigenvalue weighted by Crippen LogP contribution is 2.41. The Morgan fingerprint density at radius 1 is 1.17 bits per heavy atom. The van der Waals surface area contributed by atoms with Crippen LogP contribution in [0.2, 0.25) is 0 Å². The summed E-state index contributed by atoms with van der Waals surface area (Å²) in [7, 11) is 2.12. The molecule has 4 heterocycles. The van der Waals surface area contributed by atoms with E-state index in [9.17, 15) is 14.9 Å². The zero-order valence-electron chi connectivity index (χ0n) is 23.7. The maximum absolute atomic E-state index is 12.2. The highest BCUT2D eigenvalue weighted by molar-refractivity contribution is 14.1. The third-order valence-corrected chi connectivity index (χ3v) is 9.68. The van der Waals surface area contributed by atoms with Gasteiger partial charge in [-0.1, -0.05) is 30.8 Å². The topological polar surface area (TPSA) is 108 Å². The summed E-state index contributed by atoms with van der Waals surface area (Å²) in [6.07, 6.45) is 4.29. The largest absolute Gasteiger partial charge is 0.462 e. The number of piperazine rings is 1. The zero-order valence-corrected chi connectivity index (χ0v) is 25.8. The summed E-state index contributed by atoms with van der Waals surface area (Å²) in [5, 5.41) is 13.8. The average Bonchev–Trinajstić information content (AvgIpc) is 3.42. The molecule has 0 aliphatic carbocycles. The van der Waals surface area contributed by atoms with E-state index in [1.807, 2.05) is 29.2 Å². The normalized spacial score (nSPS) is 19.2. The van der Waals surface area contributed by atoms with Crippen molar-refractivity contribution in [2.45, 2.75) is 31.8 Å². The molecule has 42 heavy (non-hydrogen) atoms. The minimum atomic E-state index is -0.307. The fraction of sp³-hybridized carbons (Fsp3) is 0.433. The number of carbonyl (C=O) groups is 1. The Labute approximate surface area is 258 Å². The maximum atomic E-state index is 12.2. The van der Waals surface area contributed by atoms with E-state index in [4.69, 9.17) is 14.7 Å². The van der Waals surface area contributed by atoms with E-state index in [2.05, 4.69) is 50.9 Å². The molecule has 6 rings (SSSR count). The molecule has 220 valence electrons. The van der Waals surface area contributed by atoms with Crippen molar-refractivity contribution in [2.75, 3.05) is 62.7 Å². The van der Waals surface area contributed by atoms with Crippen molar-refractivity contribution >= 4 is 56.5 Å². The van der Waals surface area contributed by atoms with Crippen LogP contribution in [-0.2, 0) is 17.8 Å². The molecule has 11 nitrogen and oxygen atoms in total. The second-order valence-electron chi connectivity index (χ2n) is 11.1. The number of likely N-dealkylation sites (tertiary alicyclic amines) is 1. The van der Waals surface area contributed by atoms with Crippen LogP contribution in [0.5, 0.6) is 6.01 Å². The SMILES string of the molecule is C=CC(=O)N1CCN(c2nc(OC[C@@H]3CCCN3C)nc3c2CCN(c2c(I)c([N+](=O)[O-])cc4ccccc24)C3)CC1. The van der Waals surface area contributed by atoms with E-state index in [1.54, 1.807) is 6.07 Å². The molecule has 0 spiro atoms. The lowest BCUT2D eigenvalue weighted by atomic mass is 10.0. The summed E-state index contributed by atoms with van der Waals surface area (Å²) >= 11 is 2.11. The van der Waals surface area contributed by atoms with Gasteiger partial charge in [-0.15, -0.1) is 0 Å². The van der Waals surface area contributed by atoms with Gasteiger partial charge in [0.15, 0.2) is 0 Å². The summed E-state index contributed by atoms with van der Waals surface area (Å²) in [6.45, 7) is 8.87. The number of nitrogens with zero attached hydrogens (tertiary/aromatic N) is 7. The van der Waals surface area contributed by atoms with Crippen LogP contribution in [0, 0.1) is 13.7 Å². The van der Waals surface area contributed by atoms with Crippen molar-refractivity contribution in [3.63, 3.8) is 0 Å². The Morgan fingerprint density at radius 2 is 1.95 bits per heavy atom. The van der Waals surface area contributed by atoms with Gasteiger partial charge in [-0.25, -0.2) is 0 Å². The highest BCUT2D eigenvalue weighted by Gasteiger charge is 2.31. The van der Waals surface area contributed by atoms with Crippen molar-refractivity contribution in [2.24, 2.45) is 0 Å². The van der Waals surface area contributed by atoms with Gasteiger partial charge in [0.1, 0.15) is 16.0 Å². The number of ether oxygens (including phenoxy) is 1. The van der Waals surface area contributed by atoms with Crippen LogP contribution < -0.4 is 14.5 Å². The second kappa shape index (κ2) is 12.0. The second-order valence-corrected chi connectivity index (χ2v) is 12.1. The first-order valence-electron chi connectivity index (χ1n) is 14.3.